The number of fused-ring (bicyclic) bond motifs is 1. The van der Waals surface area contributed by atoms with Gasteiger partial charge in [-0.05, 0) is 49.1 Å². The summed E-state index contributed by atoms with van der Waals surface area (Å²) in [6.45, 7) is 3.65. The zero-order chi connectivity index (χ0) is 15.6. The normalized spacial score (nSPS) is 24.6. The van der Waals surface area contributed by atoms with E-state index < -0.39 is 0 Å². The van der Waals surface area contributed by atoms with Gasteiger partial charge in [0.05, 0.1) is 6.26 Å². The maximum atomic E-state index is 12.5. The second-order valence-electron chi connectivity index (χ2n) is 6.49. The van der Waals surface area contributed by atoms with Crippen LogP contribution in [0.25, 0.3) is 0 Å². The van der Waals surface area contributed by atoms with Crippen LogP contribution in [0.5, 0.6) is 0 Å². The molecule has 2 aromatic heterocycles. The van der Waals surface area contributed by atoms with Gasteiger partial charge in [0.25, 0.3) is 5.91 Å². The highest BCUT2D eigenvalue weighted by molar-refractivity contribution is 5.91. The molecule has 4 rings (SSSR count). The number of carbonyl (C=O) groups is 1. The first-order valence-corrected chi connectivity index (χ1v) is 8.27. The van der Waals surface area contributed by atoms with Gasteiger partial charge in [-0.1, -0.05) is 6.07 Å². The summed E-state index contributed by atoms with van der Waals surface area (Å²) < 4.78 is 5.27. The molecule has 2 saturated heterocycles. The predicted octanol–water partition coefficient (Wildman–Crippen LogP) is 2.41. The summed E-state index contributed by atoms with van der Waals surface area (Å²) in [6.07, 6.45) is 7.71. The highest BCUT2D eigenvalue weighted by Crippen LogP contribution is 2.32. The summed E-state index contributed by atoms with van der Waals surface area (Å²) in [4.78, 5) is 21.2. The lowest BCUT2D eigenvalue weighted by atomic mass is 9.92. The third-order valence-corrected chi connectivity index (χ3v) is 5.02. The van der Waals surface area contributed by atoms with Crippen LogP contribution in [0.15, 0.2) is 47.3 Å². The van der Waals surface area contributed by atoms with Gasteiger partial charge in [-0.3, -0.25) is 14.7 Å². The van der Waals surface area contributed by atoms with Crippen LogP contribution in [0.4, 0.5) is 0 Å². The Morgan fingerprint density at radius 1 is 1.30 bits per heavy atom. The summed E-state index contributed by atoms with van der Waals surface area (Å²) in [6, 6.07) is 8.07. The van der Waals surface area contributed by atoms with Gasteiger partial charge in [0.2, 0.25) is 0 Å². The summed E-state index contributed by atoms with van der Waals surface area (Å²) in [5.41, 5.74) is 1.24. The van der Waals surface area contributed by atoms with Crippen molar-refractivity contribution in [1.82, 2.24) is 14.8 Å². The van der Waals surface area contributed by atoms with Crippen LogP contribution in [0.1, 0.15) is 29.0 Å². The maximum Gasteiger partial charge on any atom is 0.289 e. The minimum Gasteiger partial charge on any atom is -0.459 e. The molecule has 0 unspecified atom stereocenters. The molecule has 2 aliphatic heterocycles. The van der Waals surface area contributed by atoms with Crippen LogP contribution < -0.4 is 0 Å². The molecule has 0 radical (unpaired) electrons. The van der Waals surface area contributed by atoms with Gasteiger partial charge in [-0.15, -0.1) is 0 Å². The van der Waals surface area contributed by atoms with Crippen LogP contribution in [-0.2, 0) is 6.54 Å². The van der Waals surface area contributed by atoms with E-state index >= 15 is 0 Å². The van der Waals surface area contributed by atoms with E-state index in [0.717, 1.165) is 26.2 Å². The fourth-order valence-corrected chi connectivity index (χ4v) is 3.92. The second-order valence-corrected chi connectivity index (χ2v) is 6.49. The number of likely N-dealkylation sites (tertiary alicyclic amines) is 2. The molecule has 0 saturated carbocycles. The number of furan rings is 1. The Labute approximate surface area is 135 Å². The summed E-state index contributed by atoms with van der Waals surface area (Å²) >= 11 is 0. The van der Waals surface area contributed by atoms with Crippen molar-refractivity contribution in [2.45, 2.75) is 25.4 Å². The second kappa shape index (κ2) is 6.16. The Morgan fingerprint density at radius 3 is 3.04 bits per heavy atom. The third kappa shape index (κ3) is 2.88. The van der Waals surface area contributed by atoms with Crippen molar-refractivity contribution in [1.29, 1.82) is 0 Å². The Hall–Kier alpha value is -2.14. The van der Waals surface area contributed by atoms with E-state index in [4.69, 9.17) is 4.42 Å². The van der Waals surface area contributed by atoms with Gasteiger partial charge >= 0.3 is 0 Å². The van der Waals surface area contributed by atoms with Gasteiger partial charge in [-0.25, -0.2) is 0 Å². The van der Waals surface area contributed by atoms with E-state index in [0.29, 0.717) is 17.7 Å². The first kappa shape index (κ1) is 14.5. The molecule has 2 fully saturated rings. The van der Waals surface area contributed by atoms with Crippen LogP contribution >= 0.6 is 0 Å². The molecule has 5 nitrogen and oxygen atoms in total. The van der Waals surface area contributed by atoms with E-state index in [1.54, 1.807) is 18.4 Å². The van der Waals surface area contributed by atoms with Crippen LogP contribution in [0, 0.1) is 5.92 Å². The zero-order valence-corrected chi connectivity index (χ0v) is 13.1. The number of hydrogen-bond acceptors (Lipinski definition) is 4. The molecule has 1 amide bonds. The van der Waals surface area contributed by atoms with E-state index in [2.05, 4.69) is 16.0 Å². The standard InChI is InChI=1S/C18H21N3O2/c22-18(17-6-3-9-23-17)21-12-15-5-2-8-20(16(15)13-21)11-14-4-1-7-19-10-14/h1,3-4,6-7,9-10,15-16H,2,5,8,11-13H2/t15-,16+/m1/s1. The van der Waals surface area contributed by atoms with E-state index in [-0.39, 0.29) is 5.91 Å². The fourth-order valence-electron chi connectivity index (χ4n) is 3.92. The van der Waals surface area contributed by atoms with Crippen molar-refractivity contribution in [3.05, 3.63) is 54.2 Å². The summed E-state index contributed by atoms with van der Waals surface area (Å²) in [5.74, 6) is 1.03. The average molecular weight is 311 g/mol. The highest BCUT2D eigenvalue weighted by Gasteiger charge is 2.41. The number of piperidine rings is 1. The molecular weight excluding hydrogens is 290 g/mol. The average Bonchev–Trinajstić information content (AvgIpc) is 3.25. The van der Waals surface area contributed by atoms with Crippen molar-refractivity contribution in [3.63, 3.8) is 0 Å². The largest absolute Gasteiger partial charge is 0.459 e. The van der Waals surface area contributed by atoms with Gasteiger partial charge in [-0.2, -0.15) is 0 Å². The SMILES string of the molecule is O=C(c1ccco1)N1C[C@H]2CCCN(Cc3cccnc3)[C@H]2C1. The van der Waals surface area contributed by atoms with Gasteiger partial charge < -0.3 is 9.32 Å². The van der Waals surface area contributed by atoms with Crippen molar-refractivity contribution < 1.29 is 9.21 Å². The zero-order valence-electron chi connectivity index (χ0n) is 13.1. The number of nitrogens with zero attached hydrogens (tertiary/aromatic N) is 3. The molecular formula is C18H21N3O2. The lowest BCUT2D eigenvalue weighted by Crippen LogP contribution is -2.44. The van der Waals surface area contributed by atoms with Crippen LogP contribution in [-0.4, -0.2) is 46.4 Å². The Kier molecular flexibility index (Phi) is 3.87. The van der Waals surface area contributed by atoms with Crippen molar-refractivity contribution in [3.8, 4) is 0 Å². The fraction of sp³-hybridized carbons (Fsp3) is 0.444. The van der Waals surface area contributed by atoms with Gasteiger partial charge in [0.15, 0.2) is 5.76 Å². The molecule has 2 atom stereocenters. The van der Waals surface area contributed by atoms with Crippen LogP contribution in [0.3, 0.4) is 0 Å². The monoisotopic (exact) mass is 311 g/mol. The molecule has 2 aliphatic rings. The molecule has 2 aromatic rings. The molecule has 0 aromatic carbocycles. The highest BCUT2D eigenvalue weighted by atomic mass is 16.3. The van der Waals surface area contributed by atoms with Crippen molar-refractivity contribution in [2.24, 2.45) is 5.92 Å². The maximum absolute atomic E-state index is 12.5. The Balaban J connectivity index is 1.47. The topological polar surface area (TPSA) is 49.6 Å². The smallest absolute Gasteiger partial charge is 0.289 e. The lowest BCUT2D eigenvalue weighted by molar-refractivity contribution is 0.0743. The first-order chi connectivity index (χ1) is 11.3. The molecule has 5 heteroatoms. The molecule has 120 valence electrons. The number of hydrogen-bond donors (Lipinski definition) is 0. The third-order valence-electron chi connectivity index (χ3n) is 5.02. The summed E-state index contributed by atoms with van der Waals surface area (Å²) in [5, 5.41) is 0. The molecule has 0 N–H and O–H groups in total. The minimum absolute atomic E-state index is 0.0192. The van der Waals surface area contributed by atoms with Crippen LogP contribution in [0.2, 0.25) is 0 Å². The number of aromatic nitrogens is 1. The van der Waals surface area contributed by atoms with Crippen molar-refractivity contribution in [2.75, 3.05) is 19.6 Å². The Morgan fingerprint density at radius 2 is 2.26 bits per heavy atom. The molecule has 23 heavy (non-hydrogen) atoms. The van der Waals surface area contributed by atoms with Gasteiger partial charge in [0, 0.05) is 38.1 Å². The minimum atomic E-state index is 0.0192. The quantitative estimate of drug-likeness (QED) is 0.873. The first-order valence-electron chi connectivity index (χ1n) is 8.27. The predicted molar refractivity (Wildman–Crippen MR) is 85.8 cm³/mol. The molecule has 0 bridgehead atoms. The number of rotatable bonds is 3. The molecule has 4 heterocycles. The van der Waals surface area contributed by atoms with E-state index in [9.17, 15) is 4.79 Å². The number of carbonyl (C=O) groups excluding carboxylic acids is 1. The molecule has 0 aliphatic carbocycles. The van der Waals surface area contributed by atoms with Gasteiger partial charge in [0.1, 0.15) is 0 Å². The number of amides is 1. The summed E-state index contributed by atoms with van der Waals surface area (Å²) in [7, 11) is 0. The Bertz CT molecular complexity index is 656. The number of pyridine rings is 1. The molecule has 0 spiro atoms. The van der Waals surface area contributed by atoms with E-state index in [1.807, 2.05) is 23.4 Å². The van der Waals surface area contributed by atoms with Crippen molar-refractivity contribution >= 4 is 5.91 Å². The van der Waals surface area contributed by atoms with E-state index in [1.165, 1.54) is 18.4 Å². The lowest BCUT2D eigenvalue weighted by Gasteiger charge is -2.36.